The number of nitrogens with zero attached hydrogens (tertiary/aromatic N) is 3. The smallest absolute Gasteiger partial charge is 0.170 e. The number of hydrogen-bond donors (Lipinski definition) is 1. The van der Waals surface area contributed by atoms with Crippen molar-refractivity contribution in [2.45, 2.75) is 6.61 Å². The van der Waals surface area contributed by atoms with E-state index in [0.29, 0.717) is 16.4 Å². The zero-order chi connectivity index (χ0) is 16.4. The molecule has 3 rings (SSSR count). The first kappa shape index (κ1) is 15.2. The van der Waals surface area contributed by atoms with Crippen LogP contribution >= 0.6 is 11.6 Å². The molecule has 0 saturated heterocycles. The molecule has 0 bridgehead atoms. The molecule has 8 heteroatoms. The summed E-state index contributed by atoms with van der Waals surface area (Å²) in [4.78, 5) is 9.41. The molecule has 0 atom stereocenters. The third-order valence-corrected chi connectivity index (χ3v) is 3.28. The highest BCUT2D eigenvalue weighted by atomic mass is 35.5. The maximum atomic E-state index is 13.1. The lowest BCUT2D eigenvalue weighted by atomic mass is 10.2. The number of fused-ring (bicyclic) bond motifs is 1. The highest BCUT2D eigenvalue weighted by Crippen LogP contribution is 2.12. The fourth-order valence-electron chi connectivity index (χ4n) is 1.96. The first-order valence-electron chi connectivity index (χ1n) is 6.57. The Kier molecular flexibility index (Phi) is 4.12. The molecule has 0 aliphatic carbocycles. The van der Waals surface area contributed by atoms with E-state index in [9.17, 15) is 8.78 Å². The molecular weight excluding hydrogens is 326 g/mol. The summed E-state index contributed by atoms with van der Waals surface area (Å²) in [7, 11) is 0. The Labute approximate surface area is 134 Å². The number of aromatic nitrogens is 2. The molecule has 23 heavy (non-hydrogen) atoms. The average Bonchev–Trinajstić information content (AvgIpc) is 2.91. The topological polar surface area (TPSA) is 64.9 Å². The molecule has 0 fully saturated rings. The van der Waals surface area contributed by atoms with Gasteiger partial charge in [-0.3, -0.25) is 0 Å². The zero-order valence-corrected chi connectivity index (χ0v) is 12.5. The second-order valence-corrected chi connectivity index (χ2v) is 5.16. The van der Waals surface area contributed by atoms with Crippen LogP contribution in [0.15, 0.2) is 47.9 Å². The summed E-state index contributed by atoms with van der Waals surface area (Å²) in [6.45, 7) is 0.0731. The van der Waals surface area contributed by atoms with Gasteiger partial charge in [0, 0.05) is 18.0 Å². The van der Waals surface area contributed by atoms with Gasteiger partial charge in [-0.2, -0.15) is 0 Å². The summed E-state index contributed by atoms with van der Waals surface area (Å²) in [5.74, 6) is -2.01. The van der Waals surface area contributed by atoms with Gasteiger partial charge in [-0.15, -0.1) is 0 Å². The Morgan fingerprint density at radius 2 is 2.04 bits per heavy atom. The number of halogens is 3. The van der Waals surface area contributed by atoms with Crippen molar-refractivity contribution in [3.05, 3.63) is 70.6 Å². The molecule has 2 aromatic heterocycles. The van der Waals surface area contributed by atoms with Gasteiger partial charge in [0.25, 0.3) is 0 Å². The van der Waals surface area contributed by atoms with Gasteiger partial charge in [0.05, 0.1) is 10.7 Å². The first-order chi connectivity index (χ1) is 11.0. The lowest BCUT2D eigenvalue weighted by molar-refractivity contribution is 0.128. The molecule has 118 valence electrons. The molecule has 2 N–H and O–H groups in total. The first-order valence-corrected chi connectivity index (χ1v) is 6.95. The normalized spacial score (nSPS) is 11.9. The largest absolute Gasteiger partial charge is 0.388 e. The summed E-state index contributed by atoms with van der Waals surface area (Å²) < 4.78 is 27.7. The molecule has 1 aromatic carbocycles. The summed E-state index contributed by atoms with van der Waals surface area (Å²) in [6.07, 6.45) is 3.46. The van der Waals surface area contributed by atoms with E-state index in [1.807, 2.05) is 0 Å². The van der Waals surface area contributed by atoms with Gasteiger partial charge < -0.3 is 15.0 Å². The zero-order valence-electron chi connectivity index (χ0n) is 11.7. The van der Waals surface area contributed by atoms with Crippen molar-refractivity contribution in [3.8, 4) is 0 Å². The minimum atomic E-state index is -1.00. The number of hydrogen-bond acceptors (Lipinski definition) is 3. The maximum Gasteiger partial charge on any atom is 0.170 e. The van der Waals surface area contributed by atoms with Crippen molar-refractivity contribution in [2.24, 2.45) is 10.9 Å². The van der Waals surface area contributed by atoms with Crippen LogP contribution in [0, 0.1) is 11.6 Å². The molecule has 0 aliphatic heterocycles. The third-order valence-electron chi connectivity index (χ3n) is 3.06. The number of benzene rings is 1. The quantitative estimate of drug-likeness (QED) is 0.452. The number of pyridine rings is 1. The van der Waals surface area contributed by atoms with Crippen LogP contribution < -0.4 is 5.73 Å². The molecule has 2 heterocycles. The van der Waals surface area contributed by atoms with Crippen molar-refractivity contribution in [1.82, 2.24) is 9.38 Å². The van der Waals surface area contributed by atoms with E-state index in [0.717, 1.165) is 12.1 Å². The lowest BCUT2D eigenvalue weighted by Gasteiger charge is -2.01. The van der Waals surface area contributed by atoms with Crippen LogP contribution in [0.3, 0.4) is 0 Å². The van der Waals surface area contributed by atoms with Crippen molar-refractivity contribution < 1.29 is 13.6 Å². The van der Waals surface area contributed by atoms with Gasteiger partial charge in [0.15, 0.2) is 24.1 Å². The van der Waals surface area contributed by atoms with Crippen LogP contribution in [-0.4, -0.2) is 15.2 Å². The molecular formula is C15H11ClF2N4O. The van der Waals surface area contributed by atoms with Crippen molar-refractivity contribution in [3.63, 3.8) is 0 Å². The van der Waals surface area contributed by atoms with E-state index in [1.165, 1.54) is 6.07 Å². The molecule has 0 amide bonds. The number of nitrogens with two attached hydrogens (primary N) is 1. The van der Waals surface area contributed by atoms with Crippen LogP contribution in [0.25, 0.3) is 5.65 Å². The average molecular weight is 337 g/mol. The Morgan fingerprint density at radius 1 is 1.22 bits per heavy atom. The minimum Gasteiger partial charge on any atom is -0.388 e. The molecule has 0 saturated carbocycles. The third kappa shape index (κ3) is 3.40. The Morgan fingerprint density at radius 3 is 2.83 bits per heavy atom. The van der Waals surface area contributed by atoms with Gasteiger partial charge >= 0.3 is 0 Å². The molecule has 0 unspecified atom stereocenters. The second-order valence-electron chi connectivity index (χ2n) is 4.72. The molecule has 0 radical (unpaired) electrons. The standard InChI is InChI=1S/C15H11ClF2N4O/c16-10-2-4-14-20-11(7-22(14)6-10)8-23-21-15(19)9-1-3-12(17)13(18)5-9/h1-7H,8H2,(H2,19,21). The van der Waals surface area contributed by atoms with Crippen molar-refractivity contribution in [1.29, 1.82) is 0 Å². The SMILES string of the molecule is NC(=NOCc1cn2cc(Cl)ccc2n1)c1ccc(F)c(F)c1. The molecule has 5 nitrogen and oxygen atoms in total. The number of oxime groups is 1. The van der Waals surface area contributed by atoms with Crippen molar-refractivity contribution >= 4 is 23.1 Å². The number of amidine groups is 1. The number of imidazole rings is 1. The van der Waals surface area contributed by atoms with Gasteiger partial charge in [-0.25, -0.2) is 13.8 Å². The van der Waals surface area contributed by atoms with Crippen LogP contribution in [0.4, 0.5) is 8.78 Å². The fourth-order valence-corrected chi connectivity index (χ4v) is 2.13. The van der Waals surface area contributed by atoms with Gasteiger partial charge in [0.1, 0.15) is 5.65 Å². The van der Waals surface area contributed by atoms with Crippen LogP contribution in [0.5, 0.6) is 0 Å². The summed E-state index contributed by atoms with van der Waals surface area (Å²) >= 11 is 5.89. The van der Waals surface area contributed by atoms with E-state index in [1.54, 1.807) is 28.9 Å². The number of rotatable bonds is 4. The van der Waals surface area contributed by atoms with Crippen LogP contribution in [0.2, 0.25) is 5.02 Å². The minimum absolute atomic E-state index is 0.0595. The fraction of sp³-hybridized carbons (Fsp3) is 0.0667. The Hall–Kier alpha value is -2.67. The Balaban J connectivity index is 1.70. The Bertz CT molecular complexity index is 894. The van der Waals surface area contributed by atoms with Crippen LogP contribution in [-0.2, 0) is 11.4 Å². The van der Waals surface area contributed by atoms with E-state index >= 15 is 0 Å². The predicted octanol–water partition coefficient (Wildman–Crippen LogP) is 3.10. The summed E-state index contributed by atoms with van der Waals surface area (Å²) in [5.41, 5.74) is 7.23. The highest BCUT2D eigenvalue weighted by molar-refractivity contribution is 6.30. The van der Waals surface area contributed by atoms with E-state index < -0.39 is 11.6 Å². The van der Waals surface area contributed by atoms with Crippen LogP contribution in [0.1, 0.15) is 11.3 Å². The van der Waals surface area contributed by atoms with Gasteiger partial charge in [-0.1, -0.05) is 16.8 Å². The maximum absolute atomic E-state index is 13.1. The molecule has 0 spiro atoms. The molecule has 0 aliphatic rings. The second kappa shape index (κ2) is 6.21. The lowest BCUT2D eigenvalue weighted by Crippen LogP contribution is -2.14. The van der Waals surface area contributed by atoms with Crippen molar-refractivity contribution in [2.75, 3.05) is 0 Å². The highest BCUT2D eigenvalue weighted by Gasteiger charge is 2.06. The van der Waals surface area contributed by atoms with E-state index in [-0.39, 0.29) is 18.0 Å². The predicted molar refractivity (Wildman–Crippen MR) is 82.1 cm³/mol. The van der Waals surface area contributed by atoms with Gasteiger partial charge in [0.2, 0.25) is 0 Å². The molecule has 3 aromatic rings. The van der Waals surface area contributed by atoms with E-state index in [4.69, 9.17) is 22.2 Å². The van der Waals surface area contributed by atoms with Gasteiger partial charge in [-0.05, 0) is 30.3 Å². The summed E-state index contributed by atoms with van der Waals surface area (Å²) in [5, 5.41) is 4.26. The summed E-state index contributed by atoms with van der Waals surface area (Å²) in [6, 6.07) is 6.73. The monoisotopic (exact) mass is 336 g/mol. The van der Waals surface area contributed by atoms with E-state index in [2.05, 4.69) is 10.1 Å².